The highest BCUT2D eigenvalue weighted by atomic mass is 19.4. The van der Waals surface area contributed by atoms with Gasteiger partial charge in [0.2, 0.25) is 0 Å². The number of rotatable bonds is 11. The fourth-order valence-electron chi connectivity index (χ4n) is 3.99. The van der Waals surface area contributed by atoms with Gasteiger partial charge < -0.3 is 40.0 Å². The summed E-state index contributed by atoms with van der Waals surface area (Å²) in [5, 5.41) is 22.0. The summed E-state index contributed by atoms with van der Waals surface area (Å²) < 4.78 is 96.2. The number of carboxylic acid groups (broad SMARTS) is 2. The quantitative estimate of drug-likeness (QED) is 0.0593. The second-order valence-electron chi connectivity index (χ2n) is 10.5. The van der Waals surface area contributed by atoms with Crippen LogP contribution in [-0.2, 0) is 16.1 Å². The lowest BCUT2D eigenvalue weighted by atomic mass is 10.1. The Morgan fingerprint density at radius 1 is 0.942 bits per heavy atom. The largest absolute Gasteiger partial charge is 0.497 e. The zero-order chi connectivity index (χ0) is 39.4. The summed E-state index contributed by atoms with van der Waals surface area (Å²) >= 11 is 0. The van der Waals surface area contributed by atoms with Gasteiger partial charge >= 0.3 is 24.3 Å². The molecule has 4 aromatic rings. The van der Waals surface area contributed by atoms with Crippen molar-refractivity contribution in [3.05, 3.63) is 84.1 Å². The second kappa shape index (κ2) is 18.3. The number of nitrogens with one attached hydrogen (secondary N) is 2. The van der Waals surface area contributed by atoms with Crippen LogP contribution in [0.2, 0.25) is 0 Å². The monoisotopic (exact) mass is 745 g/mol. The van der Waals surface area contributed by atoms with Gasteiger partial charge in [0.05, 0.1) is 43.9 Å². The lowest BCUT2D eigenvalue weighted by Gasteiger charge is -2.26. The number of hydrogen-bond acceptors (Lipinski definition) is 8. The number of anilines is 2. The van der Waals surface area contributed by atoms with E-state index in [0.717, 1.165) is 17.0 Å². The Morgan fingerprint density at radius 3 is 1.92 bits per heavy atom. The van der Waals surface area contributed by atoms with Crippen LogP contribution in [0.3, 0.4) is 0 Å². The van der Waals surface area contributed by atoms with Gasteiger partial charge in [0.25, 0.3) is 0 Å². The number of carbonyl (C=O) groups is 2. The maximum Gasteiger partial charge on any atom is 0.490 e. The van der Waals surface area contributed by atoms with Gasteiger partial charge in [0.15, 0.2) is 11.6 Å². The van der Waals surface area contributed by atoms with Crippen molar-refractivity contribution in [1.29, 1.82) is 5.41 Å². The van der Waals surface area contributed by atoms with Crippen LogP contribution in [0.15, 0.2) is 66.9 Å². The van der Waals surface area contributed by atoms with Gasteiger partial charge in [-0.3, -0.25) is 5.41 Å². The molecular weight excluding hydrogens is 711 g/mol. The highest BCUT2D eigenvalue weighted by Gasteiger charge is 2.39. The van der Waals surface area contributed by atoms with Crippen molar-refractivity contribution in [2.75, 3.05) is 18.6 Å². The summed E-state index contributed by atoms with van der Waals surface area (Å²) in [5.74, 6) is -4.10. The number of aliphatic carboxylic acids is 2. The molecule has 3 aromatic carbocycles. The maximum atomic E-state index is 15.9. The average Bonchev–Trinajstić information content (AvgIpc) is 3.53. The molecule has 0 saturated carbocycles. The number of aromatic nitrogens is 2. The standard InChI is InChI=1S/C29H32FN5O3.2C2HF3O2/c1-5-37-23-14-25(28(30)26(15-23)38-18(2)3)35(21-10-6-20(7-11-21)29(31)32)17-27-33-16-24(34-27)19-8-12-22(36-4)13-9-19;2*3-2(4,5)1(6)7/h6-16,18H,5,17H2,1-4H3,(H3,31,32)(H,33,34);2*(H,6,7). The fourth-order valence-corrected chi connectivity index (χ4v) is 3.99. The molecule has 0 aliphatic heterocycles. The van der Waals surface area contributed by atoms with Crippen LogP contribution in [0.25, 0.3) is 11.3 Å². The van der Waals surface area contributed by atoms with Gasteiger partial charge in [-0.25, -0.2) is 19.0 Å². The summed E-state index contributed by atoms with van der Waals surface area (Å²) in [6.45, 7) is 6.20. The Balaban J connectivity index is 0.000000564. The normalized spacial score (nSPS) is 11.0. The predicted octanol–water partition coefficient (Wildman–Crippen LogP) is 7.30. The van der Waals surface area contributed by atoms with Crippen molar-refractivity contribution >= 4 is 29.1 Å². The summed E-state index contributed by atoms with van der Waals surface area (Å²) in [4.78, 5) is 27.5. The molecule has 0 atom stereocenters. The number of hydrogen-bond donors (Lipinski definition) is 5. The highest BCUT2D eigenvalue weighted by molar-refractivity contribution is 5.95. The van der Waals surface area contributed by atoms with Crippen LogP contribution in [0.5, 0.6) is 17.2 Å². The molecule has 0 fully saturated rings. The zero-order valence-corrected chi connectivity index (χ0v) is 27.9. The number of methoxy groups -OCH3 is 1. The molecule has 19 heteroatoms. The van der Waals surface area contributed by atoms with Crippen LogP contribution in [0, 0.1) is 11.2 Å². The number of alkyl halides is 6. The third-order valence-corrected chi connectivity index (χ3v) is 6.27. The van der Waals surface area contributed by atoms with Gasteiger partial charge in [-0.2, -0.15) is 26.3 Å². The minimum Gasteiger partial charge on any atom is -0.497 e. The summed E-state index contributed by atoms with van der Waals surface area (Å²) in [6, 6.07) is 17.9. The molecule has 0 amide bonds. The topological polar surface area (TPSA) is 184 Å². The lowest BCUT2D eigenvalue weighted by molar-refractivity contribution is -0.193. The van der Waals surface area contributed by atoms with E-state index in [-0.39, 0.29) is 29.9 Å². The first-order valence-corrected chi connectivity index (χ1v) is 14.8. The number of H-pyrrole nitrogens is 1. The molecule has 1 aromatic heterocycles. The SMILES string of the molecule is CCOc1cc(OC(C)C)c(F)c(N(Cc2ncc(-c3ccc(OC)cc3)[nH]2)c2ccc(C(=N)N)cc2)c1.O=C(O)C(F)(F)F.O=C(O)C(F)(F)F. The number of aromatic amines is 1. The van der Waals surface area contributed by atoms with E-state index in [1.807, 2.05) is 45.0 Å². The van der Waals surface area contributed by atoms with Gasteiger partial charge in [0, 0.05) is 23.4 Å². The first-order valence-electron chi connectivity index (χ1n) is 14.8. The smallest absolute Gasteiger partial charge is 0.490 e. The Labute approximate surface area is 292 Å². The summed E-state index contributed by atoms with van der Waals surface area (Å²) in [6.07, 6.45) is -8.65. The molecule has 282 valence electrons. The van der Waals surface area contributed by atoms with Crippen molar-refractivity contribution in [1.82, 2.24) is 9.97 Å². The number of nitrogens with two attached hydrogens (primary N) is 1. The predicted molar refractivity (Wildman–Crippen MR) is 175 cm³/mol. The van der Waals surface area contributed by atoms with Crippen molar-refractivity contribution in [2.45, 2.75) is 45.8 Å². The van der Waals surface area contributed by atoms with Crippen molar-refractivity contribution in [3.63, 3.8) is 0 Å². The molecule has 6 N–H and O–H groups in total. The number of nitrogen functional groups attached to an aromatic ring is 1. The van der Waals surface area contributed by atoms with E-state index in [1.165, 1.54) is 0 Å². The first-order chi connectivity index (χ1) is 24.2. The van der Waals surface area contributed by atoms with Crippen LogP contribution >= 0.6 is 0 Å². The van der Waals surface area contributed by atoms with E-state index < -0.39 is 30.1 Å². The third-order valence-electron chi connectivity index (χ3n) is 6.27. The number of halogens is 7. The summed E-state index contributed by atoms with van der Waals surface area (Å²) in [5.41, 5.74) is 8.93. The van der Waals surface area contributed by atoms with Gasteiger partial charge in [-0.1, -0.05) is 0 Å². The Bertz CT molecular complexity index is 1770. The Morgan fingerprint density at radius 2 is 1.48 bits per heavy atom. The van der Waals surface area contributed by atoms with E-state index in [9.17, 15) is 26.3 Å². The lowest BCUT2D eigenvalue weighted by Crippen LogP contribution is -2.21. The average molecular weight is 746 g/mol. The van der Waals surface area contributed by atoms with E-state index in [4.69, 9.17) is 45.2 Å². The molecule has 0 saturated heterocycles. The minimum absolute atomic E-state index is 0.0459. The molecule has 0 spiro atoms. The van der Waals surface area contributed by atoms with Crippen LogP contribution < -0.4 is 24.8 Å². The molecule has 12 nitrogen and oxygen atoms in total. The molecule has 0 aliphatic carbocycles. The minimum atomic E-state index is -5.08. The number of nitrogens with zero attached hydrogens (tertiary/aromatic N) is 2. The Kier molecular flexibility index (Phi) is 14.8. The number of amidine groups is 1. The molecule has 4 rings (SSSR count). The summed E-state index contributed by atoms with van der Waals surface area (Å²) in [7, 11) is 1.62. The van der Waals surface area contributed by atoms with E-state index >= 15 is 4.39 Å². The number of carboxylic acids is 2. The zero-order valence-electron chi connectivity index (χ0n) is 27.9. The molecule has 1 heterocycles. The van der Waals surface area contributed by atoms with Gasteiger partial charge in [0.1, 0.15) is 23.2 Å². The number of imidazole rings is 1. The first kappa shape index (κ1) is 42.2. The van der Waals surface area contributed by atoms with Gasteiger partial charge in [-0.05, 0) is 74.9 Å². The van der Waals surface area contributed by atoms with E-state index in [0.29, 0.717) is 29.4 Å². The van der Waals surface area contributed by atoms with Crippen LogP contribution in [0.1, 0.15) is 32.2 Å². The highest BCUT2D eigenvalue weighted by Crippen LogP contribution is 2.38. The fraction of sp³-hybridized carbons (Fsp3) is 0.273. The molecule has 0 aliphatic rings. The molecule has 0 unspecified atom stereocenters. The van der Waals surface area contributed by atoms with E-state index in [2.05, 4.69) is 9.97 Å². The Hall–Kier alpha value is -6.01. The van der Waals surface area contributed by atoms with Gasteiger partial charge in [-0.15, -0.1) is 0 Å². The molecule has 52 heavy (non-hydrogen) atoms. The maximum absolute atomic E-state index is 15.9. The third kappa shape index (κ3) is 12.7. The molecule has 0 bridgehead atoms. The molecular formula is C33H34F7N5O7. The number of ether oxygens (including phenoxy) is 3. The molecule has 0 radical (unpaired) electrons. The van der Waals surface area contributed by atoms with Crippen LogP contribution in [-0.4, -0.2) is 70.1 Å². The van der Waals surface area contributed by atoms with E-state index in [1.54, 1.807) is 54.6 Å². The van der Waals surface area contributed by atoms with Crippen molar-refractivity contribution in [2.24, 2.45) is 5.73 Å². The van der Waals surface area contributed by atoms with Crippen LogP contribution in [0.4, 0.5) is 42.1 Å². The second-order valence-corrected chi connectivity index (χ2v) is 10.5. The van der Waals surface area contributed by atoms with Crippen molar-refractivity contribution < 1.29 is 64.7 Å². The van der Waals surface area contributed by atoms with Crippen molar-refractivity contribution in [3.8, 4) is 28.5 Å². The number of benzene rings is 3.